The maximum Gasteiger partial charge on any atom is 0.308 e. The number of carboxylic acid groups (broad SMARTS) is 1. The van der Waals surface area contributed by atoms with Gasteiger partial charge in [-0.2, -0.15) is 0 Å². The number of anilines is 2. The van der Waals surface area contributed by atoms with E-state index in [0.717, 1.165) is 17.8 Å². The molecular formula is C28H40N2O6. The third-order valence-electron chi connectivity index (χ3n) is 5.66. The molecule has 0 amide bonds. The van der Waals surface area contributed by atoms with E-state index < -0.39 is 17.0 Å². The molecule has 2 aromatic carbocycles. The van der Waals surface area contributed by atoms with E-state index in [1.165, 1.54) is 0 Å². The van der Waals surface area contributed by atoms with E-state index in [1.54, 1.807) is 0 Å². The summed E-state index contributed by atoms with van der Waals surface area (Å²) in [5.41, 5.74) is 0.400. The Labute approximate surface area is 214 Å². The Morgan fingerprint density at radius 1 is 0.806 bits per heavy atom. The molecule has 2 aromatic rings. The van der Waals surface area contributed by atoms with E-state index >= 15 is 0 Å². The average Bonchev–Trinajstić information content (AvgIpc) is 2.81. The third-order valence-corrected chi connectivity index (χ3v) is 5.66. The SMILES string of the molecule is CCCOC(=O)CC(C)(C)Nc1ccccc1OCCOc1ccccc1NC(C)(CC)CC(=O)O. The number of carbonyl (C=O) groups excluding carboxylic acids is 1. The van der Waals surface area contributed by atoms with Crippen molar-refractivity contribution in [3.8, 4) is 11.5 Å². The van der Waals surface area contributed by atoms with E-state index in [1.807, 2.05) is 83.1 Å². The second-order valence-electron chi connectivity index (χ2n) is 9.71. The van der Waals surface area contributed by atoms with Crippen LogP contribution in [-0.4, -0.2) is 47.9 Å². The zero-order chi connectivity index (χ0) is 26.6. The van der Waals surface area contributed by atoms with Crippen LogP contribution in [0.5, 0.6) is 11.5 Å². The quantitative estimate of drug-likeness (QED) is 0.198. The lowest BCUT2D eigenvalue weighted by molar-refractivity contribution is -0.144. The van der Waals surface area contributed by atoms with Crippen LogP contribution in [0.4, 0.5) is 11.4 Å². The molecule has 0 aliphatic heterocycles. The minimum Gasteiger partial charge on any atom is -0.488 e. The zero-order valence-electron chi connectivity index (χ0n) is 22.1. The van der Waals surface area contributed by atoms with Gasteiger partial charge in [-0.05, 0) is 57.9 Å². The molecule has 8 heteroatoms. The van der Waals surface area contributed by atoms with Crippen LogP contribution < -0.4 is 20.1 Å². The van der Waals surface area contributed by atoms with Crippen molar-refractivity contribution in [2.24, 2.45) is 0 Å². The molecule has 0 saturated heterocycles. The van der Waals surface area contributed by atoms with Crippen LogP contribution in [0.1, 0.15) is 60.3 Å². The molecular weight excluding hydrogens is 460 g/mol. The molecule has 0 spiro atoms. The summed E-state index contributed by atoms with van der Waals surface area (Å²) in [4.78, 5) is 23.4. The van der Waals surface area contributed by atoms with Gasteiger partial charge in [0.1, 0.15) is 24.7 Å². The van der Waals surface area contributed by atoms with Crippen molar-refractivity contribution in [3.05, 3.63) is 48.5 Å². The number of hydrogen-bond acceptors (Lipinski definition) is 7. The number of benzene rings is 2. The van der Waals surface area contributed by atoms with Crippen molar-refractivity contribution in [1.29, 1.82) is 0 Å². The highest BCUT2D eigenvalue weighted by Crippen LogP contribution is 2.31. The van der Waals surface area contributed by atoms with E-state index in [0.29, 0.717) is 37.7 Å². The number of esters is 1. The molecule has 0 radical (unpaired) electrons. The number of hydrogen-bond donors (Lipinski definition) is 3. The summed E-state index contributed by atoms with van der Waals surface area (Å²) in [5.74, 6) is 0.190. The highest BCUT2D eigenvalue weighted by molar-refractivity contribution is 5.72. The van der Waals surface area contributed by atoms with Gasteiger partial charge in [0.2, 0.25) is 0 Å². The van der Waals surface area contributed by atoms with Crippen molar-refractivity contribution in [2.45, 2.75) is 71.4 Å². The fourth-order valence-corrected chi connectivity index (χ4v) is 3.65. The van der Waals surface area contributed by atoms with Gasteiger partial charge in [-0.1, -0.05) is 38.1 Å². The van der Waals surface area contributed by atoms with E-state index in [-0.39, 0.29) is 18.8 Å². The first-order valence-corrected chi connectivity index (χ1v) is 12.4. The van der Waals surface area contributed by atoms with Gasteiger partial charge >= 0.3 is 11.9 Å². The third kappa shape index (κ3) is 9.68. The number of ether oxygens (including phenoxy) is 3. The van der Waals surface area contributed by atoms with Gasteiger partial charge in [-0.15, -0.1) is 0 Å². The molecule has 0 saturated carbocycles. The predicted molar refractivity (Wildman–Crippen MR) is 142 cm³/mol. The van der Waals surface area contributed by atoms with Gasteiger partial charge in [0.25, 0.3) is 0 Å². The molecule has 1 atom stereocenters. The molecule has 0 heterocycles. The molecule has 0 bridgehead atoms. The average molecular weight is 501 g/mol. The summed E-state index contributed by atoms with van der Waals surface area (Å²) in [6.07, 6.45) is 1.66. The Morgan fingerprint density at radius 3 is 1.83 bits per heavy atom. The van der Waals surface area contributed by atoms with Crippen LogP contribution in [-0.2, 0) is 14.3 Å². The van der Waals surface area contributed by atoms with Crippen LogP contribution in [0.3, 0.4) is 0 Å². The minimum absolute atomic E-state index is 0.00258. The Hall–Kier alpha value is -3.42. The van der Waals surface area contributed by atoms with Crippen LogP contribution in [0.2, 0.25) is 0 Å². The second kappa shape index (κ2) is 13.6. The Balaban J connectivity index is 1.96. The summed E-state index contributed by atoms with van der Waals surface area (Å²) in [6.45, 7) is 10.7. The second-order valence-corrected chi connectivity index (χ2v) is 9.71. The molecule has 0 aliphatic rings. The van der Waals surface area contributed by atoms with E-state index in [2.05, 4.69) is 10.6 Å². The fourth-order valence-electron chi connectivity index (χ4n) is 3.65. The molecule has 36 heavy (non-hydrogen) atoms. The topological polar surface area (TPSA) is 106 Å². The molecule has 0 fully saturated rings. The summed E-state index contributed by atoms with van der Waals surface area (Å²) >= 11 is 0. The van der Waals surface area contributed by atoms with Crippen LogP contribution in [0.15, 0.2) is 48.5 Å². The smallest absolute Gasteiger partial charge is 0.308 e. The van der Waals surface area contributed by atoms with E-state index in [9.17, 15) is 14.7 Å². The molecule has 198 valence electrons. The normalized spacial score (nSPS) is 12.8. The fraction of sp³-hybridized carbons (Fsp3) is 0.500. The lowest BCUT2D eigenvalue weighted by Gasteiger charge is -2.30. The number of rotatable bonds is 16. The summed E-state index contributed by atoms with van der Waals surface area (Å²) in [7, 11) is 0. The van der Waals surface area contributed by atoms with Crippen molar-refractivity contribution >= 4 is 23.3 Å². The van der Waals surface area contributed by atoms with Crippen molar-refractivity contribution < 1.29 is 28.9 Å². The minimum atomic E-state index is -0.855. The zero-order valence-corrected chi connectivity index (χ0v) is 22.1. The Bertz CT molecular complexity index is 994. The first-order valence-electron chi connectivity index (χ1n) is 12.4. The van der Waals surface area contributed by atoms with Gasteiger partial charge in [0.15, 0.2) is 0 Å². The largest absolute Gasteiger partial charge is 0.488 e. The van der Waals surface area contributed by atoms with E-state index in [4.69, 9.17) is 14.2 Å². The van der Waals surface area contributed by atoms with Gasteiger partial charge in [-0.3, -0.25) is 9.59 Å². The molecule has 0 aliphatic carbocycles. The molecule has 3 N–H and O–H groups in total. The Morgan fingerprint density at radius 2 is 1.33 bits per heavy atom. The monoisotopic (exact) mass is 500 g/mol. The van der Waals surface area contributed by atoms with Crippen LogP contribution in [0.25, 0.3) is 0 Å². The molecule has 2 rings (SSSR count). The van der Waals surface area contributed by atoms with Crippen molar-refractivity contribution in [2.75, 3.05) is 30.5 Å². The number of aliphatic carboxylic acids is 1. The standard InChI is InChI=1S/C28H40N2O6/c1-6-16-36-26(33)20-27(3,4)29-21-12-8-10-14-23(21)34-17-18-35-24-15-11-9-13-22(24)30-28(5,7-2)19-25(31)32/h8-15,29-30H,6-7,16-20H2,1-5H3,(H,31,32). The summed E-state index contributed by atoms with van der Waals surface area (Å²) < 4.78 is 17.2. The number of nitrogens with one attached hydrogen (secondary N) is 2. The van der Waals surface area contributed by atoms with Crippen LogP contribution >= 0.6 is 0 Å². The number of carbonyl (C=O) groups is 2. The summed E-state index contributed by atoms with van der Waals surface area (Å²) in [5, 5.41) is 16.0. The lowest BCUT2D eigenvalue weighted by Crippen LogP contribution is -2.36. The Kier molecular flexibility index (Phi) is 10.9. The summed E-state index contributed by atoms with van der Waals surface area (Å²) in [6, 6.07) is 15.0. The first kappa shape index (κ1) is 28.8. The first-order chi connectivity index (χ1) is 17.1. The van der Waals surface area contributed by atoms with Gasteiger partial charge < -0.3 is 30.0 Å². The number of para-hydroxylation sites is 4. The van der Waals surface area contributed by atoms with Crippen molar-refractivity contribution in [3.63, 3.8) is 0 Å². The molecule has 1 unspecified atom stereocenters. The highest BCUT2D eigenvalue weighted by atomic mass is 16.5. The van der Waals surface area contributed by atoms with Gasteiger partial charge in [-0.25, -0.2) is 0 Å². The van der Waals surface area contributed by atoms with Crippen molar-refractivity contribution in [1.82, 2.24) is 0 Å². The lowest BCUT2D eigenvalue weighted by atomic mass is 9.94. The van der Waals surface area contributed by atoms with Gasteiger partial charge in [0, 0.05) is 11.1 Å². The maximum atomic E-state index is 12.1. The predicted octanol–water partition coefficient (Wildman–Crippen LogP) is 5.73. The molecule has 8 nitrogen and oxygen atoms in total. The molecule has 0 aromatic heterocycles. The highest BCUT2D eigenvalue weighted by Gasteiger charge is 2.26. The van der Waals surface area contributed by atoms with Crippen LogP contribution in [0, 0.1) is 0 Å². The van der Waals surface area contributed by atoms with Gasteiger partial charge in [0.05, 0.1) is 30.8 Å². The number of carboxylic acids is 1. The maximum absolute atomic E-state index is 12.1.